The number of nitrogens with zero attached hydrogens (tertiary/aromatic N) is 1. The molecule has 4 nitrogen and oxygen atoms in total. The van der Waals surface area contributed by atoms with Gasteiger partial charge in [-0.2, -0.15) is 0 Å². The Morgan fingerprint density at radius 2 is 2.10 bits per heavy atom. The molecule has 3 N–H and O–H groups in total. The molecule has 0 saturated heterocycles. The van der Waals surface area contributed by atoms with Crippen LogP contribution in [0.4, 0.5) is 11.4 Å². The maximum Gasteiger partial charge on any atom is 0.272 e. The third-order valence-electron chi connectivity index (χ3n) is 3.97. The summed E-state index contributed by atoms with van der Waals surface area (Å²) < 4.78 is 1.91. The average molecular weight is 283 g/mol. The third-order valence-corrected chi connectivity index (χ3v) is 3.97. The molecule has 1 aromatic carbocycles. The van der Waals surface area contributed by atoms with Gasteiger partial charge in [-0.3, -0.25) is 4.79 Å². The van der Waals surface area contributed by atoms with Crippen molar-refractivity contribution in [1.82, 2.24) is 4.57 Å². The Hall–Kier alpha value is -2.23. The molecular weight excluding hydrogens is 262 g/mol. The van der Waals surface area contributed by atoms with E-state index in [1.54, 1.807) is 6.07 Å². The molecule has 1 aliphatic rings. The SMILES string of the molecule is CCCn1cc(N)cc1C(=O)Nc1ccc2c(c1)CCC2. The highest BCUT2D eigenvalue weighted by atomic mass is 16.1. The number of anilines is 2. The Bertz CT molecular complexity index is 673. The molecule has 0 spiro atoms. The molecule has 0 aliphatic heterocycles. The second kappa shape index (κ2) is 5.64. The molecule has 1 aromatic heterocycles. The van der Waals surface area contributed by atoms with Gasteiger partial charge in [0.2, 0.25) is 0 Å². The van der Waals surface area contributed by atoms with Crippen LogP contribution >= 0.6 is 0 Å². The Morgan fingerprint density at radius 1 is 1.29 bits per heavy atom. The minimum absolute atomic E-state index is 0.0990. The van der Waals surface area contributed by atoms with Gasteiger partial charge in [0.15, 0.2) is 0 Å². The highest BCUT2D eigenvalue weighted by Gasteiger charge is 2.15. The van der Waals surface area contributed by atoms with E-state index in [4.69, 9.17) is 5.73 Å². The van der Waals surface area contributed by atoms with Gasteiger partial charge in [0, 0.05) is 18.4 Å². The van der Waals surface area contributed by atoms with Gasteiger partial charge in [-0.1, -0.05) is 13.0 Å². The van der Waals surface area contributed by atoms with E-state index in [1.165, 1.54) is 17.5 Å². The topological polar surface area (TPSA) is 60.0 Å². The number of carbonyl (C=O) groups is 1. The largest absolute Gasteiger partial charge is 0.397 e. The Kier molecular flexibility index (Phi) is 3.69. The van der Waals surface area contributed by atoms with Crippen molar-refractivity contribution < 1.29 is 4.79 Å². The van der Waals surface area contributed by atoms with Crippen molar-refractivity contribution in [1.29, 1.82) is 0 Å². The van der Waals surface area contributed by atoms with Gasteiger partial charge < -0.3 is 15.6 Å². The molecule has 21 heavy (non-hydrogen) atoms. The molecule has 0 fully saturated rings. The first-order valence-electron chi connectivity index (χ1n) is 7.56. The van der Waals surface area contributed by atoms with Gasteiger partial charge in [0.25, 0.3) is 5.91 Å². The number of hydrogen-bond donors (Lipinski definition) is 2. The van der Waals surface area contributed by atoms with Crippen molar-refractivity contribution >= 4 is 17.3 Å². The van der Waals surface area contributed by atoms with Crippen molar-refractivity contribution in [3.05, 3.63) is 47.3 Å². The van der Waals surface area contributed by atoms with Crippen LogP contribution in [0.2, 0.25) is 0 Å². The number of rotatable bonds is 4. The maximum atomic E-state index is 12.4. The van der Waals surface area contributed by atoms with Gasteiger partial charge in [0.1, 0.15) is 5.69 Å². The monoisotopic (exact) mass is 283 g/mol. The first kappa shape index (κ1) is 13.7. The van der Waals surface area contributed by atoms with Crippen LogP contribution in [0.3, 0.4) is 0 Å². The number of nitrogens with two attached hydrogens (primary N) is 1. The zero-order valence-corrected chi connectivity index (χ0v) is 12.4. The molecule has 0 saturated carbocycles. The highest BCUT2D eigenvalue weighted by Crippen LogP contribution is 2.25. The Labute approximate surface area is 125 Å². The van der Waals surface area contributed by atoms with E-state index < -0.39 is 0 Å². The van der Waals surface area contributed by atoms with Gasteiger partial charge in [-0.25, -0.2) is 0 Å². The first-order chi connectivity index (χ1) is 10.2. The number of aromatic nitrogens is 1. The number of amides is 1. The van der Waals surface area contributed by atoms with Crippen LogP contribution in [0.5, 0.6) is 0 Å². The van der Waals surface area contributed by atoms with Crippen LogP contribution < -0.4 is 11.1 Å². The number of benzene rings is 1. The molecule has 1 aliphatic carbocycles. The van der Waals surface area contributed by atoms with Crippen molar-refractivity contribution in [3.63, 3.8) is 0 Å². The standard InChI is InChI=1S/C17H21N3O/c1-2-8-20-11-14(18)10-16(20)17(21)19-15-7-6-12-4-3-5-13(12)9-15/h6-7,9-11H,2-5,8,18H2,1H3,(H,19,21). The number of fused-ring (bicyclic) bond motifs is 1. The molecule has 0 unspecified atom stereocenters. The second-order valence-corrected chi connectivity index (χ2v) is 5.64. The van der Waals surface area contributed by atoms with Gasteiger partial charge in [0.05, 0.1) is 5.69 Å². The van der Waals surface area contributed by atoms with E-state index in [0.717, 1.165) is 31.5 Å². The number of nitrogens with one attached hydrogen (secondary N) is 1. The molecule has 4 heteroatoms. The van der Waals surface area contributed by atoms with E-state index in [9.17, 15) is 4.79 Å². The van der Waals surface area contributed by atoms with Crippen molar-refractivity contribution in [2.45, 2.75) is 39.2 Å². The van der Waals surface area contributed by atoms with E-state index in [-0.39, 0.29) is 5.91 Å². The third kappa shape index (κ3) is 2.79. The lowest BCUT2D eigenvalue weighted by atomic mass is 10.1. The van der Waals surface area contributed by atoms with E-state index in [1.807, 2.05) is 16.8 Å². The quantitative estimate of drug-likeness (QED) is 0.905. The normalized spacial score (nSPS) is 13.2. The maximum absolute atomic E-state index is 12.4. The summed E-state index contributed by atoms with van der Waals surface area (Å²) in [6, 6.07) is 7.94. The average Bonchev–Trinajstić information content (AvgIpc) is 3.05. The molecule has 0 atom stereocenters. The zero-order valence-electron chi connectivity index (χ0n) is 12.4. The summed E-state index contributed by atoms with van der Waals surface area (Å²) in [7, 11) is 0. The van der Waals surface area contributed by atoms with Crippen molar-refractivity contribution in [2.24, 2.45) is 0 Å². The van der Waals surface area contributed by atoms with Crippen LogP contribution in [-0.4, -0.2) is 10.5 Å². The predicted molar refractivity (Wildman–Crippen MR) is 85.6 cm³/mol. The minimum Gasteiger partial charge on any atom is -0.397 e. The fraction of sp³-hybridized carbons (Fsp3) is 0.353. The van der Waals surface area contributed by atoms with Crippen LogP contribution in [-0.2, 0) is 19.4 Å². The lowest BCUT2D eigenvalue weighted by Crippen LogP contribution is -2.16. The van der Waals surface area contributed by atoms with Crippen molar-refractivity contribution in [3.8, 4) is 0 Å². The number of carbonyl (C=O) groups excluding carboxylic acids is 1. The molecule has 1 amide bonds. The Morgan fingerprint density at radius 3 is 2.90 bits per heavy atom. The summed E-state index contributed by atoms with van der Waals surface area (Å²) in [6.07, 6.45) is 6.26. The molecule has 3 rings (SSSR count). The highest BCUT2D eigenvalue weighted by molar-refractivity contribution is 6.03. The molecular formula is C17H21N3O. The molecule has 2 aromatic rings. The predicted octanol–water partition coefficient (Wildman–Crippen LogP) is 3.22. The van der Waals surface area contributed by atoms with Gasteiger partial charge in [-0.05, 0) is 55.0 Å². The summed E-state index contributed by atoms with van der Waals surface area (Å²) in [6.45, 7) is 2.88. The first-order valence-corrected chi connectivity index (χ1v) is 7.56. The second-order valence-electron chi connectivity index (χ2n) is 5.64. The fourth-order valence-electron chi connectivity index (χ4n) is 2.99. The summed E-state index contributed by atoms with van der Waals surface area (Å²) in [5.41, 5.74) is 10.7. The number of hydrogen-bond acceptors (Lipinski definition) is 2. The summed E-state index contributed by atoms with van der Waals surface area (Å²) in [4.78, 5) is 12.4. The lowest BCUT2D eigenvalue weighted by molar-refractivity contribution is 0.101. The molecule has 0 radical (unpaired) electrons. The molecule has 110 valence electrons. The summed E-state index contributed by atoms with van der Waals surface area (Å²) in [5, 5.41) is 2.98. The van der Waals surface area contributed by atoms with Crippen LogP contribution in [0.1, 0.15) is 41.4 Å². The number of nitrogen functional groups attached to an aromatic ring is 1. The van der Waals surface area contributed by atoms with E-state index in [2.05, 4.69) is 24.4 Å². The van der Waals surface area contributed by atoms with Crippen LogP contribution in [0, 0.1) is 0 Å². The van der Waals surface area contributed by atoms with E-state index in [0.29, 0.717) is 11.4 Å². The van der Waals surface area contributed by atoms with E-state index >= 15 is 0 Å². The summed E-state index contributed by atoms with van der Waals surface area (Å²) in [5.74, 6) is -0.0990. The Balaban J connectivity index is 1.80. The lowest BCUT2D eigenvalue weighted by Gasteiger charge is -2.10. The van der Waals surface area contributed by atoms with Crippen LogP contribution in [0.15, 0.2) is 30.5 Å². The number of aryl methyl sites for hydroxylation is 3. The van der Waals surface area contributed by atoms with Gasteiger partial charge in [-0.15, -0.1) is 0 Å². The smallest absolute Gasteiger partial charge is 0.272 e. The molecule has 1 heterocycles. The summed E-state index contributed by atoms with van der Waals surface area (Å²) >= 11 is 0. The van der Waals surface area contributed by atoms with Gasteiger partial charge >= 0.3 is 0 Å². The molecule has 0 bridgehead atoms. The van der Waals surface area contributed by atoms with Crippen LogP contribution in [0.25, 0.3) is 0 Å². The minimum atomic E-state index is -0.0990. The zero-order chi connectivity index (χ0) is 14.8. The van der Waals surface area contributed by atoms with Crippen molar-refractivity contribution in [2.75, 3.05) is 11.1 Å². The fourth-order valence-corrected chi connectivity index (χ4v) is 2.99.